The molecule has 0 aliphatic rings. The molecule has 130 valence electrons. The molecule has 0 saturated carbocycles. The number of hydrogen-bond donors (Lipinski definition) is 1. The number of benzene rings is 1. The van der Waals surface area contributed by atoms with E-state index < -0.39 is 0 Å². The third-order valence-corrected chi connectivity index (χ3v) is 4.76. The van der Waals surface area contributed by atoms with Gasteiger partial charge in [0.25, 0.3) is 5.91 Å². The van der Waals surface area contributed by atoms with E-state index in [9.17, 15) is 4.79 Å². The van der Waals surface area contributed by atoms with Crippen molar-refractivity contribution in [2.24, 2.45) is 0 Å². The number of amides is 1. The van der Waals surface area contributed by atoms with E-state index in [0.717, 1.165) is 10.2 Å². The van der Waals surface area contributed by atoms with Crippen molar-refractivity contribution in [1.29, 1.82) is 0 Å². The minimum Gasteiger partial charge on any atom is -0.355 e. The minimum atomic E-state index is -0.351. The second-order valence-electron chi connectivity index (χ2n) is 5.14. The van der Waals surface area contributed by atoms with E-state index in [4.69, 9.17) is 27.7 Å². The first kappa shape index (κ1) is 18.0. The van der Waals surface area contributed by atoms with E-state index in [1.165, 1.54) is 6.07 Å². The molecule has 0 bridgehead atoms. The molecular weight excluding hydrogens is 431 g/mol. The van der Waals surface area contributed by atoms with Crippen LogP contribution in [-0.2, 0) is 13.1 Å². The van der Waals surface area contributed by atoms with Gasteiger partial charge in [0.1, 0.15) is 0 Å². The largest absolute Gasteiger partial charge is 0.355 e. The molecule has 0 fully saturated rings. The highest BCUT2D eigenvalue weighted by atomic mass is 79.9. The van der Waals surface area contributed by atoms with Gasteiger partial charge in [-0.15, -0.1) is 0 Å². The Balaban J connectivity index is 1.73. The molecule has 3 aromatic rings. The van der Waals surface area contributed by atoms with Gasteiger partial charge >= 0.3 is 0 Å². The number of aromatic nitrogens is 3. The third kappa shape index (κ3) is 3.89. The van der Waals surface area contributed by atoms with E-state index >= 15 is 0 Å². The first-order chi connectivity index (χ1) is 12.0. The Morgan fingerprint density at radius 3 is 2.88 bits per heavy atom. The average Bonchev–Trinajstić information content (AvgIpc) is 3.19. The van der Waals surface area contributed by atoms with Crippen molar-refractivity contribution in [2.75, 3.05) is 0 Å². The Kier molecular flexibility index (Phi) is 5.46. The molecule has 1 aromatic carbocycles. The van der Waals surface area contributed by atoms with Crippen LogP contribution in [0.4, 0.5) is 0 Å². The summed E-state index contributed by atoms with van der Waals surface area (Å²) in [4.78, 5) is 12.3. The zero-order valence-corrected chi connectivity index (χ0v) is 16.2. The van der Waals surface area contributed by atoms with E-state index in [2.05, 4.69) is 31.5 Å². The first-order valence-corrected chi connectivity index (χ1v) is 8.95. The third-order valence-electron chi connectivity index (χ3n) is 3.55. The summed E-state index contributed by atoms with van der Waals surface area (Å²) in [5.41, 5.74) is 1.66. The van der Waals surface area contributed by atoms with Crippen LogP contribution in [0.25, 0.3) is 11.3 Å². The van der Waals surface area contributed by atoms with E-state index in [0.29, 0.717) is 34.5 Å². The number of halogens is 3. The number of hydrogen-bond acceptors (Lipinski definition) is 4. The van der Waals surface area contributed by atoms with Gasteiger partial charge in [-0.3, -0.25) is 9.48 Å². The summed E-state index contributed by atoms with van der Waals surface area (Å²) < 4.78 is 7.87. The maximum atomic E-state index is 12.3. The van der Waals surface area contributed by atoms with Gasteiger partial charge in [0.05, 0.1) is 27.9 Å². The number of carbonyl (C=O) groups is 1. The van der Waals surface area contributed by atoms with Crippen molar-refractivity contribution in [3.63, 3.8) is 0 Å². The topological polar surface area (TPSA) is 73.0 Å². The second kappa shape index (κ2) is 7.59. The summed E-state index contributed by atoms with van der Waals surface area (Å²) in [5, 5.41) is 11.8. The maximum Gasteiger partial charge on any atom is 0.273 e. The molecule has 0 spiro atoms. The lowest BCUT2D eigenvalue weighted by Gasteiger charge is -2.06. The van der Waals surface area contributed by atoms with Gasteiger partial charge in [-0.2, -0.15) is 5.10 Å². The Bertz CT molecular complexity index is 923. The summed E-state index contributed by atoms with van der Waals surface area (Å²) in [7, 11) is 0. The van der Waals surface area contributed by atoms with Gasteiger partial charge in [0.2, 0.25) is 0 Å². The molecule has 0 unspecified atom stereocenters. The van der Waals surface area contributed by atoms with E-state index in [1.807, 2.05) is 6.92 Å². The number of nitrogens with zero attached hydrogens (tertiary/aromatic N) is 3. The Hall–Kier alpha value is -1.83. The fourth-order valence-corrected chi connectivity index (χ4v) is 3.23. The van der Waals surface area contributed by atoms with E-state index in [1.54, 1.807) is 29.1 Å². The Labute approximate surface area is 162 Å². The zero-order chi connectivity index (χ0) is 18.0. The SMILES string of the molecule is CCn1ncc(Br)c1CNC(=O)c1cc(-c2ccc(Cl)cc2Cl)on1. The molecule has 0 saturated heterocycles. The highest BCUT2D eigenvalue weighted by molar-refractivity contribution is 9.10. The van der Waals surface area contributed by atoms with Crippen LogP contribution in [0.3, 0.4) is 0 Å². The maximum absolute atomic E-state index is 12.3. The fourth-order valence-electron chi connectivity index (χ4n) is 2.29. The van der Waals surface area contributed by atoms with Crippen LogP contribution in [0, 0.1) is 0 Å². The normalized spacial score (nSPS) is 10.9. The molecule has 0 aliphatic carbocycles. The summed E-state index contributed by atoms with van der Waals surface area (Å²) in [5.74, 6) is 0.0439. The van der Waals surface area contributed by atoms with Crippen molar-refractivity contribution >= 4 is 45.0 Å². The van der Waals surface area contributed by atoms with Gasteiger partial charge in [0, 0.05) is 23.2 Å². The molecule has 1 N–H and O–H groups in total. The molecule has 2 heterocycles. The molecule has 6 nitrogen and oxygen atoms in total. The first-order valence-electron chi connectivity index (χ1n) is 7.40. The quantitative estimate of drug-likeness (QED) is 0.627. The molecule has 25 heavy (non-hydrogen) atoms. The highest BCUT2D eigenvalue weighted by Gasteiger charge is 2.17. The van der Waals surface area contributed by atoms with Gasteiger partial charge < -0.3 is 9.84 Å². The molecule has 3 rings (SSSR count). The lowest BCUT2D eigenvalue weighted by molar-refractivity contribution is 0.0941. The molecule has 2 aromatic heterocycles. The molecule has 0 radical (unpaired) electrons. The van der Waals surface area contributed by atoms with Crippen LogP contribution < -0.4 is 5.32 Å². The molecule has 0 aliphatic heterocycles. The van der Waals surface area contributed by atoms with Gasteiger partial charge in [0.15, 0.2) is 11.5 Å². The number of rotatable bonds is 5. The molecular formula is C16H13BrCl2N4O2. The van der Waals surface area contributed by atoms with Crippen molar-refractivity contribution < 1.29 is 9.32 Å². The molecule has 0 atom stereocenters. The smallest absolute Gasteiger partial charge is 0.273 e. The van der Waals surface area contributed by atoms with Crippen LogP contribution in [0.1, 0.15) is 23.1 Å². The predicted molar refractivity (Wildman–Crippen MR) is 98.7 cm³/mol. The van der Waals surface area contributed by atoms with Crippen LogP contribution in [-0.4, -0.2) is 20.8 Å². The number of nitrogens with one attached hydrogen (secondary N) is 1. The summed E-state index contributed by atoms with van der Waals surface area (Å²) in [6, 6.07) is 6.54. The monoisotopic (exact) mass is 442 g/mol. The van der Waals surface area contributed by atoms with Crippen molar-refractivity contribution in [3.05, 3.63) is 56.4 Å². The Morgan fingerprint density at radius 1 is 1.36 bits per heavy atom. The van der Waals surface area contributed by atoms with Crippen LogP contribution in [0.15, 0.2) is 39.5 Å². The lowest BCUT2D eigenvalue weighted by Crippen LogP contribution is -2.24. The fraction of sp³-hybridized carbons (Fsp3) is 0.188. The van der Waals surface area contributed by atoms with Gasteiger partial charge in [-0.25, -0.2) is 0 Å². The molecule has 9 heteroatoms. The second-order valence-corrected chi connectivity index (χ2v) is 6.84. The van der Waals surface area contributed by atoms with Crippen LogP contribution in [0.5, 0.6) is 0 Å². The summed E-state index contributed by atoms with van der Waals surface area (Å²) in [6.07, 6.45) is 1.70. The van der Waals surface area contributed by atoms with Gasteiger partial charge in [-0.05, 0) is 41.1 Å². The summed E-state index contributed by atoms with van der Waals surface area (Å²) >= 11 is 15.4. The zero-order valence-electron chi connectivity index (χ0n) is 13.1. The standard InChI is InChI=1S/C16H13BrCl2N4O2/c1-2-23-14(11(17)7-21-23)8-20-16(24)13-6-15(25-22-13)10-4-3-9(18)5-12(10)19/h3-7H,2,8H2,1H3,(H,20,24). The Morgan fingerprint density at radius 2 is 2.16 bits per heavy atom. The number of aryl methyl sites for hydroxylation is 1. The van der Waals surface area contributed by atoms with Gasteiger partial charge in [-0.1, -0.05) is 28.4 Å². The minimum absolute atomic E-state index is 0.166. The summed E-state index contributed by atoms with van der Waals surface area (Å²) in [6.45, 7) is 3.00. The highest BCUT2D eigenvalue weighted by Crippen LogP contribution is 2.30. The molecule has 1 amide bonds. The lowest BCUT2D eigenvalue weighted by atomic mass is 10.1. The number of carbonyl (C=O) groups excluding carboxylic acids is 1. The van der Waals surface area contributed by atoms with Crippen LogP contribution >= 0.6 is 39.1 Å². The van der Waals surface area contributed by atoms with Crippen molar-refractivity contribution in [3.8, 4) is 11.3 Å². The van der Waals surface area contributed by atoms with Crippen molar-refractivity contribution in [1.82, 2.24) is 20.3 Å². The predicted octanol–water partition coefficient (Wildman–Crippen LogP) is 4.56. The van der Waals surface area contributed by atoms with Crippen LogP contribution in [0.2, 0.25) is 10.0 Å². The van der Waals surface area contributed by atoms with Crippen molar-refractivity contribution in [2.45, 2.75) is 20.0 Å². The average molecular weight is 444 g/mol. The van der Waals surface area contributed by atoms with E-state index in [-0.39, 0.29) is 11.6 Å².